The van der Waals surface area contributed by atoms with Crippen molar-refractivity contribution >= 4 is 0 Å². The van der Waals surface area contributed by atoms with Crippen molar-refractivity contribution in [3.8, 4) is 0 Å². The summed E-state index contributed by atoms with van der Waals surface area (Å²) >= 11 is 0. The van der Waals surface area contributed by atoms with Gasteiger partial charge in [0.25, 0.3) is 0 Å². The molecule has 2 rings (SSSR count). The summed E-state index contributed by atoms with van der Waals surface area (Å²) in [5, 5.41) is 12.3. The second-order valence-electron chi connectivity index (χ2n) is 4.39. The highest BCUT2D eigenvalue weighted by molar-refractivity contribution is 5.35. The van der Waals surface area contributed by atoms with E-state index in [-0.39, 0.29) is 6.61 Å². The van der Waals surface area contributed by atoms with Gasteiger partial charge in [-0.2, -0.15) is 0 Å². The summed E-state index contributed by atoms with van der Waals surface area (Å²) in [5.74, 6) is 0.668. The fraction of sp³-hybridized carbons (Fsp3) is 0.538. The van der Waals surface area contributed by atoms with Crippen LogP contribution < -0.4 is 5.32 Å². The van der Waals surface area contributed by atoms with Crippen molar-refractivity contribution in [1.82, 2.24) is 5.32 Å². The average molecular weight is 205 g/mol. The molecule has 15 heavy (non-hydrogen) atoms. The zero-order valence-corrected chi connectivity index (χ0v) is 9.24. The van der Waals surface area contributed by atoms with Gasteiger partial charge in [0.05, 0.1) is 0 Å². The van der Waals surface area contributed by atoms with E-state index >= 15 is 0 Å². The smallest absolute Gasteiger partial charge is 0.0443 e. The molecule has 0 radical (unpaired) electrons. The molecule has 0 amide bonds. The van der Waals surface area contributed by atoms with Crippen LogP contribution >= 0.6 is 0 Å². The topological polar surface area (TPSA) is 32.3 Å². The molecule has 1 aliphatic rings. The zero-order chi connectivity index (χ0) is 10.7. The van der Waals surface area contributed by atoms with E-state index < -0.39 is 0 Å². The van der Waals surface area contributed by atoms with Crippen LogP contribution in [0, 0.1) is 5.92 Å². The Morgan fingerprint density at radius 3 is 3.00 bits per heavy atom. The van der Waals surface area contributed by atoms with Crippen molar-refractivity contribution in [2.24, 2.45) is 5.92 Å². The third-order valence-electron chi connectivity index (χ3n) is 3.20. The van der Waals surface area contributed by atoms with Crippen LogP contribution in [0.1, 0.15) is 30.5 Å². The fourth-order valence-electron chi connectivity index (χ4n) is 2.44. The molecule has 2 nitrogen and oxygen atoms in total. The van der Waals surface area contributed by atoms with E-state index in [1.807, 2.05) is 0 Å². The molecule has 0 fully saturated rings. The minimum Gasteiger partial charge on any atom is -0.396 e. The molecular weight excluding hydrogens is 186 g/mol. The lowest BCUT2D eigenvalue weighted by Gasteiger charge is -2.18. The van der Waals surface area contributed by atoms with Gasteiger partial charge in [-0.3, -0.25) is 0 Å². The average Bonchev–Trinajstić information content (AvgIpc) is 2.56. The van der Waals surface area contributed by atoms with Crippen LogP contribution in [0.3, 0.4) is 0 Å². The van der Waals surface area contributed by atoms with E-state index in [2.05, 4.69) is 36.5 Å². The summed E-state index contributed by atoms with van der Waals surface area (Å²) < 4.78 is 0. The van der Waals surface area contributed by atoms with Crippen molar-refractivity contribution < 1.29 is 5.11 Å². The molecule has 82 valence electrons. The van der Waals surface area contributed by atoms with Gasteiger partial charge < -0.3 is 10.4 Å². The van der Waals surface area contributed by atoms with Crippen LogP contribution in [0.4, 0.5) is 0 Å². The number of fused-ring (bicyclic) bond motifs is 1. The van der Waals surface area contributed by atoms with Gasteiger partial charge in [-0.05, 0) is 36.4 Å². The first-order valence-electron chi connectivity index (χ1n) is 5.75. The number of aliphatic hydroxyl groups excluding tert-OH is 1. The Balaban J connectivity index is 2.05. The molecule has 2 heteroatoms. The van der Waals surface area contributed by atoms with Gasteiger partial charge in [-0.15, -0.1) is 0 Å². The molecule has 2 atom stereocenters. The van der Waals surface area contributed by atoms with E-state index in [4.69, 9.17) is 5.11 Å². The standard InChI is InChI=1S/C13H19NO/c1-10-9-11-5-2-3-6-12(11)13(10)14-7-4-8-15/h2-3,5-6,10,13-15H,4,7-9H2,1H3. The van der Waals surface area contributed by atoms with E-state index in [1.54, 1.807) is 0 Å². The van der Waals surface area contributed by atoms with Crippen molar-refractivity contribution in [3.05, 3.63) is 35.4 Å². The first kappa shape index (κ1) is 10.7. The Morgan fingerprint density at radius 2 is 2.20 bits per heavy atom. The number of nitrogens with one attached hydrogen (secondary N) is 1. The van der Waals surface area contributed by atoms with Crippen LogP contribution in [0.2, 0.25) is 0 Å². The van der Waals surface area contributed by atoms with Gasteiger partial charge in [0.15, 0.2) is 0 Å². The number of hydrogen-bond acceptors (Lipinski definition) is 2. The zero-order valence-electron chi connectivity index (χ0n) is 9.24. The van der Waals surface area contributed by atoms with Gasteiger partial charge in [0.1, 0.15) is 0 Å². The Hall–Kier alpha value is -0.860. The van der Waals surface area contributed by atoms with Crippen LogP contribution in [-0.2, 0) is 6.42 Å². The molecular formula is C13H19NO. The van der Waals surface area contributed by atoms with Crippen LogP contribution in [0.25, 0.3) is 0 Å². The highest BCUT2D eigenvalue weighted by Crippen LogP contribution is 2.35. The molecule has 0 saturated carbocycles. The number of rotatable bonds is 4. The minimum absolute atomic E-state index is 0.274. The summed E-state index contributed by atoms with van der Waals surface area (Å²) in [5.41, 5.74) is 2.93. The molecule has 0 heterocycles. The Labute approximate surface area is 91.3 Å². The molecule has 0 aliphatic heterocycles. The molecule has 2 unspecified atom stereocenters. The molecule has 1 aliphatic carbocycles. The van der Waals surface area contributed by atoms with E-state index in [0.29, 0.717) is 12.0 Å². The van der Waals surface area contributed by atoms with Crippen molar-refractivity contribution in [2.45, 2.75) is 25.8 Å². The maximum Gasteiger partial charge on any atom is 0.0443 e. The van der Waals surface area contributed by atoms with Crippen LogP contribution in [-0.4, -0.2) is 18.3 Å². The molecule has 1 aromatic carbocycles. The number of benzene rings is 1. The Morgan fingerprint density at radius 1 is 1.40 bits per heavy atom. The first-order chi connectivity index (χ1) is 7.33. The summed E-state index contributed by atoms with van der Waals surface area (Å²) in [4.78, 5) is 0. The van der Waals surface area contributed by atoms with Crippen LogP contribution in [0.15, 0.2) is 24.3 Å². The molecule has 0 saturated heterocycles. The fourth-order valence-corrected chi connectivity index (χ4v) is 2.44. The van der Waals surface area contributed by atoms with E-state index in [0.717, 1.165) is 13.0 Å². The van der Waals surface area contributed by atoms with Crippen molar-refractivity contribution in [2.75, 3.05) is 13.2 Å². The lowest BCUT2D eigenvalue weighted by Crippen LogP contribution is -2.25. The maximum absolute atomic E-state index is 8.76. The Kier molecular flexibility index (Phi) is 3.39. The third kappa shape index (κ3) is 2.21. The molecule has 0 aromatic heterocycles. The van der Waals surface area contributed by atoms with Gasteiger partial charge in [0, 0.05) is 12.6 Å². The van der Waals surface area contributed by atoms with E-state index in [1.165, 1.54) is 17.5 Å². The lowest BCUT2D eigenvalue weighted by molar-refractivity contribution is 0.279. The quantitative estimate of drug-likeness (QED) is 0.736. The maximum atomic E-state index is 8.76. The summed E-state index contributed by atoms with van der Waals surface area (Å²) in [7, 11) is 0. The predicted molar refractivity (Wildman–Crippen MR) is 61.8 cm³/mol. The van der Waals surface area contributed by atoms with Crippen molar-refractivity contribution in [3.63, 3.8) is 0 Å². The second kappa shape index (κ2) is 4.77. The second-order valence-corrected chi connectivity index (χ2v) is 4.39. The minimum atomic E-state index is 0.274. The largest absolute Gasteiger partial charge is 0.396 e. The van der Waals surface area contributed by atoms with Gasteiger partial charge >= 0.3 is 0 Å². The van der Waals surface area contributed by atoms with Crippen molar-refractivity contribution in [1.29, 1.82) is 0 Å². The van der Waals surface area contributed by atoms with Crippen LogP contribution in [0.5, 0.6) is 0 Å². The number of aliphatic hydroxyl groups is 1. The predicted octanol–water partition coefficient (Wildman–Crippen LogP) is 1.89. The molecule has 0 bridgehead atoms. The third-order valence-corrected chi connectivity index (χ3v) is 3.20. The lowest BCUT2D eigenvalue weighted by atomic mass is 10.0. The summed E-state index contributed by atoms with van der Waals surface area (Å²) in [6.07, 6.45) is 2.01. The highest BCUT2D eigenvalue weighted by atomic mass is 16.3. The molecule has 2 N–H and O–H groups in total. The van der Waals surface area contributed by atoms with Gasteiger partial charge in [-0.1, -0.05) is 31.2 Å². The monoisotopic (exact) mass is 205 g/mol. The SMILES string of the molecule is CC1Cc2ccccc2C1NCCCO. The van der Waals surface area contributed by atoms with Gasteiger partial charge in [-0.25, -0.2) is 0 Å². The molecule has 0 spiro atoms. The number of hydrogen-bond donors (Lipinski definition) is 2. The van der Waals surface area contributed by atoms with E-state index in [9.17, 15) is 0 Å². The highest BCUT2D eigenvalue weighted by Gasteiger charge is 2.27. The molecule has 1 aromatic rings. The first-order valence-corrected chi connectivity index (χ1v) is 5.75. The Bertz CT molecular complexity index is 324. The summed E-state index contributed by atoms with van der Waals surface area (Å²) in [6.45, 7) is 3.46. The normalized spacial score (nSPS) is 24.1. The summed E-state index contributed by atoms with van der Waals surface area (Å²) in [6, 6.07) is 9.14. The van der Waals surface area contributed by atoms with Gasteiger partial charge in [0.2, 0.25) is 0 Å².